The molecule has 0 saturated heterocycles. The fourth-order valence-corrected chi connectivity index (χ4v) is 4.94. The molecule has 2 atom stereocenters. The Balaban J connectivity index is 1.53. The van der Waals surface area contributed by atoms with Crippen molar-refractivity contribution < 1.29 is 0 Å². The molecule has 1 aromatic heterocycles. The Morgan fingerprint density at radius 2 is 2.00 bits per heavy atom. The van der Waals surface area contributed by atoms with Crippen molar-refractivity contribution in [2.24, 2.45) is 21.8 Å². The molecule has 0 amide bonds. The van der Waals surface area contributed by atoms with Gasteiger partial charge in [0.1, 0.15) is 0 Å². The number of hydrogen-bond acceptors (Lipinski definition) is 4. The number of hydrogen-bond donors (Lipinski definition) is 1. The number of benzene rings is 1. The van der Waals surface area contributed by atoms with Crippen molar-refractivity contribution in [1.82, 2.24) is 4.98 Å². The van der Waals surface area contributed by atoms with E-state index < -0.39 is 0 Å². The number of nitrogens with zero attached hydrogens (tertiary/aromatic N) is 2. The van der Waals surface area contributed by atoms with E-state index >= 15 is 0 Å². The summed E-state index contributed by atoms with van der Waals surface area (Å²) in [5, 5.41) is 7.73. The molecular formula is C19H23N3S. The molecule has 0 spiro atoms. The zero-order valence-electron chi connectivity index (χ0n) is 14.0. The summed E-state index contributed by atoms with van der Waals surface area (Å²) in [6.45, 7) is 7.20. The highest BCUT2D eigenvalue weighted by molar-refractivity contribution is 7.14. The maximum absolute atomic E-state index is 4.77. The van der Waals surface area contributed by atoms with Crippen molar-refractivity contribution >= 4 is 22.2 Å². The Morgan fingerprint density at radius 1 is 1.22 bits per heavy atom. The molecule has 3 nitrogen and oxygen atoms in total. The minimum absolute atomic E-state index is 0.240. The zero-order chi connectivity index (χ0) is 16.1. The highest BCUT2D eigenvalue weighted by atomic mass is 32.1. The van der Waals surface area contributed by atoms with Crippen LogP contribution in [0.5, 0.6) is 0 Å². The normalized spacial score (nSPS) is 30.0. The lowest BCUT2D eigenvalue weighted by molar-refractivity contribution is 0.194. The highest BCUT2D eigenvalue weighted by Crippen LogP contribution is 2.63. The maximum atomic E-state index is 4.77. The van der Waals surface area contributed by atoms with Gasteiger partial charge in [0.05, 0.1) is 5.69 Å². The topological polar surface area (TPSA) is 37.3 Å². The maximum Gasteiger partial charge on any atom is 0.203 e. The first kappa shape index (κ1) is 14.9. The van der Waals surface area contributed by atoms with Crippen molar-refractivity contribution in [1.29, 1.82) is 0 Å². The number of aromatic nitrogens is 1. The van der Waals surface area contributed by atoms with E-state index in [-0.39, 0.29) is 5.41 Å². The van der Waals surface area contributed by atoms with Crippen LogP contribution in [-0.4, -0.2) is 10.7 Å². The summed E-state index contributed by atoms with van der Waals surface area (Å²) in [5.74, 6) is 0.782. The first-order valence-corrected chi connectivity index (χ1v) is 9.23. The molecule has 4 heteroatoms. The average Bonchev–Trinajstić information content (AvgIpc) is 3.16. The predicted octanol–water partition coefficient (Wildman–Crippen LogP) is 5.42. The molecule has 4 rings (SSSR count). The van der Waals surface area contributed by atoms with Crippen LogP contribution in [0.4, 0.5) is 5.13 Å². The second-order valence-electron chi connectivity index (χ2n) is 7.57. The zero-order valence-corrected chi connectivity index (χ0v) is 14.8. The standard InChI is InChI=1S/C19H23N3S/c1-18(2)14-9-10-19(18,3)16(11-14)21-22-17-20-15(12-23-17)13-7-5-4-6-8-13/h4-8,12,14H,9-11H2,1-3H3,(H,20,22)/b21-16-. The summed E-state index contributed by atoms with van der Waals surface area (Å²) in [6.07, 6.45) is 3.74. The minimum Gasteiger partial charge on any atom is -0.253 e. The van der Waals surface area contributed by atoms with Crippen LogP contribution < -0.4 is 5.43 Å². The Kier molecular flexibility index (Phi) is 3.34. The number of anilines is 1. The molecule has 1 aromatic carbocycles. The SMILES string of the molecule is CC12CCC(C/C1=N/Nc1nc(-c3ccccc3)cs1)C2(C)C. The minimum atomic E-state index is 0.240. The molecule has 23 heavy (non-hydrogen) atoms. The van der Waals surface area contributed by atoms with E-state index in [1.807, 2.05) is 18.2 Å². The molecule has 2 fully saturated rings. The third-order valence-corrected chi connectivity index (χ3v) is 7.12. The summed E-state index contributed by atoms with van der Waals surface area (Å²) < 4.78 is 0. The lowest BCUT2D eigenvalue weighted by Crippen LogP contribution is -2.32. The second kappa shape index (κ2) is 5.17. The van der Waals surface area contributed by atoms with Crippen molar-refractivity contribution in [2.75, 3.05) is 5.43 Å². The average molecular weight is 325 g/mol. The summed E-state index contributed by atoms with van der Waals surface area (Å²) >= 11 is 1.62. The van der Waals surface area contributed by atoms with Crippen LogP contribution in [0.2, 0.25) is 0 Å². The molecule has 0 aliphatic heterocycles. The monoisotopic (exact) mass is 325 g/mol. The van der Waals surface area contributed by atoms with E-state index in [2.05, 4.69) is 48.7 Å². The third kappa shape index (κ3) is 2.23. The van der Waals surface area contributed by atoms with Crippen LogP contribution in [0.25, 0.3) is 11.3 Å². The summed E-state index contributed by atoms with van der Waals surface area (Å²) in [4.78, 5) is 4.66. The second-order valence-corrected chi connectivity index (χ2v) is 8.43. The van der Waals surface area contributed by atoms with E-state index in [0.29, 0.717) is 5.41 Å². The molecule has 2 saturated carbocycles. The van der Waals surface area contributed by atoms with Gasteiger partial charge in [-0.15, -0.1) is 11.3 Å². The molecule has 2 bridgehead atoms. The predicted molar refractivity (Wildman–Crippen MR) is 97.8 cm³/mol. The van der Waals surface area contributed by atoms with E-state index in [4.69, 9.17) is 5.10 Å². The van der Waals surface area contributed by atoms with Crippen molar-refractivity contribution in [3.8, 4) is 11.3 Å². The number of fused-ring (bicyclic) bond motifs is 2. The van der Waals surface area contributed by atoms with Gasteiger partial charge in [0, 0.05) is 22.1 Å². The third-order valence-electron chi connectivity index (χ3n) is 6.37. The van der Waals surface area contributed by atoms with Crippen LogP contribution in [0.15, 0.2) is 40.8 Å². The fraction of sp³-hybridized carbons (Fsp3) is 0.474. The van der Waals surface area contributed by atoms with E-state index in [1.54, 1.807) is 11.3 Å². The number of hydrazone groups is 1. The van der Waals surface area contributed by atoms with Crippen LogP contribution in [-0.2, 0) is 0 Å². The van der Waals surface area contributed by atoms with Gasteiger partial charge < -0.3 is 0 Å². The first-order valence-electron chi connectivity index (χ1n) is 8.35. The molecule has 1 heterocycles. The van der Waals surface area contributed by atoms with Crippen LogP contribution in [0.3, 0.4) is 0 Å². The van der Waals surface area contributed by atoms with Crippen LogP contribution in [0, 0.1) is 16.7 Å². The molecule has 120 valence electrons. The van der Waals surface area contributed by atoms with Gasteiger partial charge in [0.25, 0.3) is 0 Å². The molecule has 0 radical (unpaired) electrons. The van der Waals surface area contributed by atoms with Gasteiger partial charge in [-0.05, 0) is 30.6 Å². The number of nitrogens with one attached hydrogen (secondary N) is 1. The summed E-state index contributed by atoms with van der Waals surface area (Å²) in [5.41, 5.74) is 7.32. The first-order chi connectivity index (χ1) is 11.0. The number of thiazole rings is 1. The van der Waals surface area contributed by atoms with Gasteiger partial charge in [-0.3, -0.25) is 5.43 Å². The Labute approximate surface area is 141 Å². The number of rotatable bonds is 3. The molecular weight excluding hydrogens is 302 g/mol. The molecule has 2 aromatic rings. The summed E-state index contributed by atoms with van der Waals surface area (Å²) in [6, 6.07) is 10.3. The van der Waals surface area contributed by atoms with Gasteiger partial charge >= 0.3 is 0 Å². The van der Waals surface area contributed by atoms with Crippen molar-refractivity contribution in [3.05, 3.63) is 35.7 Å². The molecule has 2 aliphatic rings. The molecule has 1 N–H and O–H groups in total. The van der Waals surface area contributed by atoms with Crippen molar-refractivity contribution in [2.45, 2.75) is 40.0 Å². The van der Waals surface area contributed by atoms with E-state index in [0.717, 1.165) is 28.7 Å². The van der Waals surface area contributed by atoms with Crippen LogP contribution in [0.1, 0.15) is 40.0 Å². The lowest BCUT2D eigenvalue weighted by atomic mass is 9.70. The van der Waals surface area contributed by atoms with Gasteiger partial charge in [0.15, 0.2) is 0 Å². The Bertz CT molecular complexity index is 747. The molecule has 2 aliphatic carbocycles. The molecule has 2 unspecified atom stereocenters. The summed E-state index contributed by atoms with van der Waals surface area (Å²) in [7, 11) is 0. The highest BCUT2D eigenvalue weighted by Gasteiger charge is 2.59. The van der Waals surface area contributed by atoms with Gasteiger partial charge in [-0.2, -0.15) is 5.10 Å². The quantitative estimate of drug-likeness (QED) is 0.765. The lowest BCUT2D eigenvalue weighted by Gasteiger charge is -2.34. The van der Waals surface area contributed by atoms with Gasteiger partial charge in [-0.1, -0.05) is 51.1 Å². The fourth-order valence-electron chi connectivity index (χ4n) is 4.28. The smallest absolute Gasteiger partial charge is 0.203 e. The van der Waals surface area contributed by atoms with Crippen molar-refractivity contribution in [3.63, 3.8) is 0 Å². The van der Waals surface area contributed by atoms with E-state index in [1.165, 1.54) is 18.6 Å². The van der Waals surface area contributed by atoms with Crippen LogP contribution >= 0.6 is 11.3 Å². The largest absolute Gasteiger partial charge is 0.253 e. The van der Waals surface area contributed by atoms with Gasteiger partial charge in [-0.25, -0.2) is 4.98 Å². The van der Waals surface area contributed by atoms with E-state index in [9.17, 15) is 0 Å². The van der Waals surface area contributed by atoms with Gasteiger partial charge in [0.2, 0.25) is 5.13 Å². The Hall–Kier alpha value is -1.68. The Morgan fingerprint density at radius 3 is 2.65 bits per heavy atom.